The number of rotatable bonds is 11. The number of nitrogens with one attached hydrogen (secondary N) is 1. The summed E-state index contributed by atoms with van der Waals surface area (Å²) in [5.74, 6) is -0.511. The van der Waals surface area contributed by atoms with Crippen LogP contribution < -0.4 is 35.2 Å². The van der Waals surface area contributed by atoms with Gasteiger partial charge in [0.2, 0.25) is 12.0 Å². The van der Waals surface area contributed by atoms with E-state index in [4.69, 9.17) is 49.7 Å². The molecule has 8 atom stereocenters. The molecule has 9 N–H and O–H groups in total. The summed E-state index contributed by atoms with van der Waals surface area (Å²) in [7, 11) is 3.16. The van der Waals surface area contributed by atoms with E-state index in [1.165, 1.54) is 0 Å². The van der Waals surface area contributed by atoms with Gasteiger partial charge in [-0.05, 0) is 49.4 Å². The van der Waals surface area contributed by atoms with Gasteiger partial charge in [-0.25, -0.2) is 0 Å². The molecule has 4 aromatic rings. The fraction of sp³-hybridized carbons (Fsp3) is 0.487. The zero-order valence-corrected chi connectivity index (χ0v) is 30.8. The minimum absolute atomic E-state index is 0.183. The molecule has 8 rings (SSSR count). The van der Waals surface area contributed by atoms with Crippen molar-refractivity contribution in [2.24, 2.45) is 11.5 Å². The van der Waals surface area contributed by atoms with E-state index in [0.29, 0.717) is 29.5 Å². The number of carbonyl (C=O) groups excluding carboxylic acids is 1. The Morgan fingerprint density at radius 1 is 1.02 bits per heavy atom. The molecule has 4 aliphatic rings. The molecule has 2 fully saturated rings. The second kappa shape index (κ2) is 14.8. The third-order valence-electron chi connectivity index (χ3n) is 11.4. The van der Waals surface area contributed by atoms with Crippen LogP contribution in [-0.4, -0.2) is 105 Å². The number of ether oxygens (including phenoxy) is 7. The van der Waals surface area contributed by atoms with E-state index in [1.807, 2.05) is 41.4 Å². The molecule has 56 heavy (non-hydrogen) atoms. The average Bonchev–Trinajstić information content (AvgIpc) is 3.88. The lowest BCUT2D eigenvalue weighted by Gasteiger charge is -2.48. The number of hydrogen-bond acceptors (Lipinski definition) is 14. The average molecular weight is 779 g/mol. The Hall–Kier alpha value is -5.04. The van der Waals surface area contributed by atoms with Crippen molar-refractivity contribution in [3.8, 4) is 28.7 Å². The molecular formula is C39H46N4O13. The highest BCUT2D eigenvalue weighted by molar-refractivity contribution is 5.90. The highest BCUT2D eigenvalue weighted by Crippen LogP contribution is 2.64. The van der Waals surface area contributed by atoms with E-state index in [0.717, 1.165) is 59.7 Å². The summed E-state index contributed by atoms with van der Waals surface area (Å²) in [6.45, 7) is 0.351. The van der Waals surface area contributed by atoms with Crippen LogP contribution in [0.1, 0.15) is 67.2 Å². The molecule has 3 aliphatic heterocycles. The standard InChI is InChI=1S/C39H46N4O13/c1-50-23-7-6-21-28-34(54-32(21)33(23)51-2)27-19(16-43-15-18-8-11-42-22(18)17-43)12-20(13-24(27)56-39(28)9-4-3-5-10-39)52-38-31(49)29(47)30(48)35(55-38)36(37(40)41)53-26(46)14-25(44)45/h6-8,11-13,15,17,28-31,34-38,42,47-49H,3-5,9-10,14,16,40-41H2,1-2H3,(H,44,45)/t28-,29-,30-,31+,34-,35-,36-,38+/m0/s1. The number of aliphatic hydroxyl groups excluding tert-OH is 3. The Morgan fingerprint density at radius 2 is 1.80 bits per heavy atom. The Kier molecular flexibility index (Phi) is 10.0. The number of nitrogens with zero attached hydrogens (tertiary/aromatic N) is 1. The van der Waals surface area contributed by atoms with Crippen molar-refractivity contribution in [3.05, 3.63) is 65.6 Å². The molecule has 17 heteroatoms. The monoisotopic (exact) mass is 778 g/mol. The first-order valence-corrected chi connectivity index (χ1v) is 18.6. The van der Waals surface area contributed by atoms with Crippen LogP contribution in [0.25, 0.3) is 10.9 Å². The summed E-state index contributed by atoms with van der Waals surface area (Å²) in [6.07, 6.45) is -2.99. The van der Waals surface area contributed by atoms with E-state index in [2.05, 4.69) is 4.98 Å². The van der Waals surface area contributed by atoms with Crippen molar-refractivity contribution in [1.29, 1.82) is 0 Å². The number of carbonyl (C=O) groups is 2. The van der Waals surface area contributed by atoms with Crippen LogP contribution >= 0.6 is 0 Å². The molecular weight excluding hydrogens is 732 g/mol. The molecule has 300 valence electrons. The van der Waals surface area contributed by atoms with Crippen molar-refractivity contribution in [2.45, 2.75) is 106 Å². The van der Waals surface area contributed by atoms with Crippen LogP contribution in [-0.2, 0) is 25.6 Å². The maximum atomic E-state index is 12.3. The van der Waals surface area contributed by atoms with Gasteiger partial charge in [0.15, 0.2) is 17.6 Å². The maximum absolute atomic E-state index is 12.3. The minimum atomic E-state index is -1.86. The van der Waals surface area contributed by atoms with Crippen molar-refractivity contribution in [3.63, 3.8) is 0 Å². The van der Waals surface area contributed by atoms with Gasteiger partial charge in [0.1, 0.15) is 54.0 Å². The number of carboxylic acids is 1. The third kappa shape index (κ3) is 6.57. The second-order valence-electron chi connectivity index (χ2n) is 14.9. The Bertz CT molecular complexity index is 2080. The SMILES string of the molecule is COc1ccc2c(c1OC)O[C@H]1c3c(Cn4cc5cc[nH]c5c4)cc(O[C@@H]4O[C@H]([C@H](OC(=O)CC(=O)O)C(N)N)[C@@H](O)[C@H](O)[C@H]4O)cc3OC3(CCCCC3)[C@@H]21. The number of hydrogen-bond donors (Lipinski definition) is 7. The molecule has 1 saturated heterocycles. The van der Waals surface area contributed by atoms with Gasteiger partial charge in [0.05, 0.1) is 31.8 Å². The van der Waals surface area contributed by atoms with E-state index in [9.17, 15) is 24.9 Å². The number of benzene rings is 2. The number of H-pyrrole nitrogens is 1. The van der Waals surface area contributed by atoms with Gasteiger partial charge in [-0.2, -0.15) is 0 Å². The number of methoxy groups -OCH3 is 2. The topological polar surface area (TPSA) is 252 Å². The van der Waals surface area contributed by atoms with E-state index < -0.39 is 73.0 Å². The Labute approximate surface area is 320 Å². The number of aliphatic hydroxyl groups is 3. The molecule has 2 aromatic carbocycles. The lowest BCUT2D eigenvalue weighted by Crippen LogP contribution is -2.66. The summed E-state index contributed by atoms with van der Waals surface area (Å²) in [6, 6.07) is 9.35. The van der Waals surface area contributed by atoms with Crippen molar-refractivity contribution in [1.82, 2.24) is 9.55 Å². The van der Waals surface area contributed by atoms with Crippen LogP contribution in [0.4, 0.5) is 0 Å². The second-order valence-corrected chi connectivity index (χ2v) is 14.9. The van der Waals surface area contributed by atoms with Gasteiger partial charge >= 0.3 is 11.9 Å². The lowest BCUT2D eigenvalue weighted by atomic mass is 9.68. The Morgan fingerprint density at radius 3 is 2.50 bits per heavy atom. The van der Waals surface area contributed by atoms with Crippen LogP contribution in [0.2, 0.25) is 0 Å². The molecule has 0 radical (unpaired) electrons. The van der Waals surface area contributed by atoms with Crippen LogP contribution in [0, 0.1) is 0 Å². The molecule has 17 nitrogen and oxygen atoms in total. The molecule has 1 saturated carbocycles. The predicted molar refractivity (Wildman–Crippen MR) is 196 cm³/mol. The Balaban J connectivity index is 1.20. The summed E-state index contributed by atoms with van der Waals surface area (Å²) in [5, 5.41) is 43.1. The van der Waals surface area contributed by atoms with E-state index in [1.54, 1.807) is 26.4 Å². The molecule has 0 bridgehead atoms. The summed E-state index contributed by atoms with van der Waals surface area (Å²) < 4.78 is 45.0. The number of esters is 1. The first kappa shape index (κ1) is 37.9. The summed E-state index contributed by atoms with van der Waals surface area (Å²) in [5.41, 5.74) is 14.6. The number of aromatic nitrogens is 2. The largest absolute Gasteiger partial charge is 0.493 e. The van der Waals surface area contributed by atoms with Gasteiger partial charge in [-0.15, -0.1) is 0 Å². The molecule has 1 spiro atoms. The third-order valence-corrected chi connectivity index (χ3v) is 11.4. The van der Waals surface area contributed by atoms with Gasteiger partial charge in [0, 0.05) is 47.7 Å². The minimum Gasteiger partial charge on any atom is -0.493 e. The number of nitrogens with two attached hydrogens (primary N) is 2. The lowest BCUT2D eigenvalue weighted by molar-refractivity contribution is -0.291. The van der Waals surface area contributed by atoms with Gasteiger partial charge in [-0.1, -0.05) is 12.5 Å². The first-order chi connectivity index (χ1) is 26.9. The fourth-order valence-corrected chi connectivity index (χ4v) is 8.88. The quantitative estimate of drug-likeness (QED) is 0.0655. The maximum Gasteiger partial charge on any atom is 0.317 e. The highest BCUT2D eigenvalue weighted by Gasteiger charge is 2.57. The van der Waals surface area contributed by atoms with Crippen LogP contribution in [0.15, 0.2) is 48.9 Å². The zero-order valence-electron chi connectivity index (χ0n) is 30.8. The van der Waals surface area contributed by atoms with Gasteiger partial charge in [-0.3, -0.25) is 9.59 Å². The highest BCUT2D eigenvalue weighted by atomic mass is 16.7. The summed E-state index contributed by atoms with van der Waals surface area (Å²) in [4.78, 5) is 26.7. The zero-order chi connectivity index (χ0) is 39.5. The number of aliphatic carboxylic acids is 1. The fourth-order valence-electron chi connectivity index (χ4n) is 8.88. The number of carboxylic acid groups (broad SMARTS) is 1. The van der Waals surface area contributed by atoms with Gasteiger partial charge in [0.25, 0.3) is 0 Å². The molecule has 2 aromatic heterocycles. The van der Waals surface area contributed by atoms with Gasteiger partial charge < -0.3 is 74.6 Å². The molecule has 0 amide bonds. The molecule has 0 unspecified atom stereocenters. The van der Waals surface area contributed by atoms with Crippen LogP contribution in [0.3, 0.4) is 0 Å². The van der Waals surface area contributed by atoms with Crippen molar-refractivity contribution in [2.75, 3.05) is 14.2 Å². The van der Waals surface area contributed by atoms with Crippen molar-refractivity contribution < 1.29 is 63.2 Å². The molecule has 1 aliphatic carbocycles. The van der Waals surface area contributed by atoms with E-state index >= 15 is 0 Å². The van der Waals surface area contributed by atoms with Crippen molar-refractivity contribution >= 4 is 22.8 Å². The number of aromatic amines is 1. The predicted octanol–water partition coefficient (Wildman–Crippen LogP) is 2.16. The van der Waals surface area contributed by atoms with E-state index in [-0.39, 0.29) is 11.7 Å². The number of fused-ring (bicyclic) bond motifs is 7. The van der Waals surface area contributed by atoms with Crippen LogP contribution in [0.5, 0.6) is 28.7 Å². The summed E-state index contributed by atoms with van der Waals surface area (Å²) >= 11 is 0. The first-order valence-electron chi connectivity index (χ1n) is 18.6. The smallest absolute Gasteiger partial charge is 0.317 e. The molecule has 5 heterocycles. The normalized spacial score (nSPS) is 26.8.